The first-order valence-corrected chi connectivity index (χ1v) is 10.9. The Morgan fingerprint density at radius 3 is 2.90 bits per heavy atom. The van der Waals surface area contributed by atoms with Gasteiger partial charge in [0.05, 0.1) is 17.8 Å². The Morgan fingerprint density at radius 2 is 2.13 bits per heavy atom. The van der Waals surface area contributed by atoms with Gasteiger partial charge in [-0.25, -0.2) is 15.0 Å². The van der Waals surface area contributed by atoms with Crippen LogP contribution in [-0.4, -0.2) is 40.0 Å². The van der Waals surface area contributed by atoms with Crippen molar-refractivity contribution in [3.63, 3.8) is 0 Å². The minimum Gasteiger partial charge on any atom is -0.363 e. The number of anilines is 2. The number of aromatic nitrogens is 3. The molecule has 1 aliphatic rings. The number of amides is 1. The number of hydrogen-bond acceptors (Lipinski definition) is 6. The van der Waals surface area contributed by atoms with E-state index in [-0.39, 0.29) is 18.0 Å². The number of benzene rings is 1. The molecule has 0 bridgehead atoms. The van der Waals surface area contributed by atoms with Gasteiger partial charge >= 0.3 is 0 Å². The Labute approximate surface area is 184 Å². The molecule has 0 saturated carbocycles. The topological polar surface area (TPSA) is 83.0 Å². The van der Waals surface area contributed by atoms with Crippen LogP contribution in [0.2, 0.25) is 0 Å². The molecule has 3 heterocycles. The lowest BCUT2D eigenvalue weighted by molar-refractivity contribution is -0.119. The molecule has 1 aliphatic heterocycles. The first-order chi connectivity index (χ1) is 14.4. The SMILES string of the molecule is CC(=O)N[C@@H]1CCN(c2cc3c(NC(C)c4cccc(Br)c4)nc(C)nc3cn2)C1. The van der Waals surface area contributed by atoms with Crippen LogP contribution in [0.3, 0.4) is 0 Å². The van der Waals surface area contributed by atoms with E-state index in [1.807, 2.05) is 25.1 Å². The Morgan fingerprint density at radius 1 is 1.30 bits per heavy atom. The fraction of sp³-hybridized carbons (Fsp3) is 0.364. The molecule has 2 N–H and O–H groups in total. The molecule has 8 heteroatoms. The van der Waals surface area contributed by atoms with Crippen LogP contribution < -0.4 is 15.5 Å². The lowest BCUT2D eigenvalue weighted by atomic mass is 10.1. The highest BCUT2D eigenvalue weighted by molar-refractivity contribution is 9.10. The largest absolute Gasteiger partial charge is 0.363 e. The Hall–Kier alpha value is -2.74. The maximum atomic E-state index is 11.4. The second-order valence-corrected chi connectivity index (χ2v) is 8.65. The number of hydrogen-bond donors (Lipinski definition) is 2. The van der Waals surface area contributed by atoms with Crippen LogP contribution in [0.5, 0.6) is 0 Å². The third kappa shape index (κ3) is 4.53. The number of fused-ring (bicyclic) bond motifs is 1. The Kier molecular flexibility index (Phi) is 5.85. The summed E-state index contributed by atoms with van der Waals surface area (Å²) in [6.07, 6.45) is 2.72. The van der Waals surface area contributed by atoms with Crippen molar-refractivity contribution in [2.45, 2.75) is 39.3 Å². The van der Waals surface area contributed by atoms with Crippen LogP contribution >= 0.6 is 15.9 Å². The number of aryl methyl sites for hydroxylation is 1. The third-order valence-corrected chi connectivity index (χ3v) is 5.79. The van der Waals surface area contributed by atoms with E-state index >= 15 is 0 Å². The van der Waals surface area contributed by atoms with Gasteiger partial charge in [-0.3, -0.25) is 4.79 Å². The summed E-state index contributed by atoms with van der Waals surface area (Å²) in [4.78, 5) is 27.4. The predicted molar refractivity (Wildman–Crippen MR) is 123 cm³/mol. The number of pyridine rings is 1. The van der Waals surface area contributed by atoms with E-state index in [4.69, 9.17) is 0 Å². The standard InChI is InChI=1S/C22H25BrN6O/c1-13(16-5-4-6-17(23)9-16)25-22-19-10-21(24-11-20(19)26-14(2)27-22)29-8-7-18(12-29)28-15(3)30/h4-6,9-11,13,18H,7-8,12H2,1-3H3,(H,28,30)(H,25,26,27)/t13?,18-/m1/s1. The van der Waals surface area contributed by atoms with Gasteiger partial charge in [-0.1, -0.05) is 28.1 Å². The van der Waals surface area contributed by atoms with E-state index in [9.17, 15) is 4.79 Å². The van der Waals surface area contributed by atoms with Gasteiger partial charge in [0.1, 0.15) is 17.5 Å². The van der Waals surface area contributed by atoms with Gasteiger partial charge in [-0.2, -0.15) is 0 Å². The van der Waals surface area contributed by atoms with Crippen LogP contribution in [0.4, 0.5) is 11.6 Å². The number of nitrogens with one attached hydrogen (secondary N) is 2. The number of nitrogens with zero attached hydrogens (tertiary/aromatic N) is 4. The minimum atomic E-state index is 0.00483. The van der Waals surface area contributed by atoms with Gasteiger partial charge in [0.2, 0.25) is 5.91 Å². The summed E-state index contributed by atoms with van der Waals surface area (Å²) in [7, 11) is 0. The van der Waals surface area contributed by atoms with Gasteiger partial charge in [-0.05, 0) is 44.0 Å². The molecule has 7 nitrogen and oxygen atoms in total. The summed E-state index contributed by atoms with van der Waals surface area (Å²) in [5.41, 5.74) is 1.98. The van der Waals surface area contributed by atoms with Crippen molar-refractivity contribution in [3.05, 3.63) is 52.4 Å². The molecule has 2 atom stereocenters. The fourth-order valence-corrected chi connectivity index (χ4v) is 4.28. The number of carbonyl (C=O) groups is 1. The number of carbonyl (C=O) groups excluding carboxylic acids is 1. The highest BCUT2D eigenvalue weighted by atomic mass is 79.9. The first kappa shape index (κ1) is 20.5. The molecule has 1 saturated heterocycles. The maximum Gasteiger partial charge on any atom is 0.217 e. The van der Waals surface area contributed by atoms with Crippen LogP contribution in [0, 0.1) is 6.92 Å². The van der Waals surface area contributed by atoms with Gasteiger partial charge < -0.3 is 15.5 Å². The van der Waals surface area contributed by atoms with Crippen molar-refractivity contribution in [3.8, 4) is 0 Å². The molecular formula is C22H25BrN6O. The Bertz CT molecular complexity index is 1090. The van der Waals surface area contributed by atoms with Gasteiger partial charge in [0.15, 0.2) is 0 Å². The molecular weight excluding hydrogens is 444 g/mol. The molecule has 4 rings (SSSR count). The molecule has 2 aromatic heterocycles. The molecule has 3 aromatic rings. The van der Waals surface area contributed by atoms with E-state index in [2.05, 4.69) is 65.5 Å². The van der Waals surface area contributed by atoms with Crippen LogP contribution in [0.15, 0.2) is 41.0 Å². The second-order valence-electron chi connectivity index (χ2n) is 7.73. The monoisotopic (exact) mass is 468 g/mol. The van der Waals surface area contributed by atoms with Gasteiger partial charge in [0, 0.05) is 35.9 Å². The zero-order valence-corrected chi connectivity index (χ0v) is 18.9. The molecule has 0 radical (unpaired) electrons. The third-order valence-electron chi connectivity index (χ3n) is 5.30. The highest BCUT2D eigenvalue weighted by Gasteiger charge is 2.24. The quantitative estimate of drug-likeness (QED) is 0.588. The molecule has 0 aliphatic carbocycles. The smallest absolute Gasteiger partial charge is 0.217 e. The number of halogens is 1. The predicted octanol–water partition coefficient (Wildman–Crippen LogP) is 3.98. The summed E-state index contributed by atoms with van der Waals surface area (Å²) in [6, 6.07) is 10.5. The van der Waals surface area contributed by atoms with Crippen molar-refractivity contribution in [2.24, 2.45) is 0 Å². The molecule has 156 valence electrons. The molecule has 0 spiro atoms. The molecule has 1 amide bonds. The normalized spacial score (nSPS) is 17.2. The summed E-state index contributed by atoms with van der Waals surface area (Å²) in [6.45, 7) is 7.17. The zero-order chi connectivity index (χ0) is 21.3. The van der Waals surface area contributed by atoms with Crippen LogP contribution in [-0.2, 0) is 4.79 Å². The van der Waals surface area contributed by atoms with E-state index in [0.29, 0.717) is 5.82 Å². The highest BCUT2D eigenvalue weighted by Crippen LogP contribution is 2.29. The van der Waals surface area contributed by atoms with E-state index in [0.717, 1.165) is 46.5 Å². The summed E-state index contributed by atoms with van der Waals surface area (Å²) in [5.74, 6) is 2.38. The molecule has 1 aromatic carbocycles. The maximum absolute atomic E-state index is 11.4. The molecule has 1 fully saturated rings. The van der Waals surface area contributed by atoms with Crippen molar-refractivity contribution < 1.29 is 4.79 Å². The zero-order valence-electron chi connectivity index (χ0n) is 17.3. The Balaban J connectivity index is 1.63. The summed E-state index contributed by atoms with van der Waals surface area (Å²) < 4.78 is 1.05. The molecule has 1 unspecified atom stereocenters. The second kappa shape index (κ2) is 8.55. The fourth-order valence-electron chi connectivity index (χ4n) is 3.86. The van der Waals surface area contributed by atoms with Crippen LogP contribution in [0.1, 0.15) is 37.7 Å². The van der Waals surface area contributed by atoms with Crippen molar-refractivity contribution in [1.29, 1.82) is 0 Å². The average Bonchev–Trinajstić information content (AvgIpc) is 3.15. The van der Waals surface area contributed by atoms with Crippen molar-refractivity contribution in [2.75, 3.05) is 23.3 Å². The lowest BCUT2D eigenvalue weighted by Crippen LogP contribution is -2.35. The van der Waals surface area contributed by atoms with E-state index < -0.39 is 0 Å². The average molecular weight is 469 g/mol. The first-order valence-electron chi connectivity index (χ1n) is 10.1. The minimum absolute atomic E-state index is 0.00483. The van der Waals surface area contributed by atoms with Crippen molar-refractivity contribution >= 4 is 44.4 Å². The van der Waals surface area contributed by atoms with Gasteiger partial charge in [0.25, 0.3) is 0 Å². The summed E-state index contributed by atoms with van der Waals surface area (Å²) in [5, 5.41) is 7.48. The number of rotatable bonds is 5. The molecule has 30 heavy (non-hydrogen) atoms. The van der Waals surface area contributed by atoms with E-state index in [1.165, 1.54) is 5.56 Å². The lowest BCUT2D eigenvalue weighted by Gasteiger charge is -2.20. The van der Waals surface area contributed by atoms with Crippen LogP contribution in [0.25, 0.3) is 10.9 Å². The summed E-state index contributed by atoms with van der Waals surface area (Å²) >= 11 is 3.54. The van der Waals surface area contributed by atoms with E-state index in [1.54, 1.807) is 13.1 Å². The van der Waals surface area contributed by atoms with Crippen molar-refractivity contribution in [1.82, 2.24) is 20.3 Å². The van der Waals surface area contributed by atoms with Gasteiger partial charge in [-0.15, -0.1) is 0 Å².